The first-order chi connectivity index (χ1) is 16.5. The average molecular weight is 485 g/mol. The predicted molar refractivity (Wildman–Crippen MR) is 131 cm³/mol. The second-order valence-corrected chi connectivity index (χ2v) is 8.86. The van der Waals surface area contributed by atoms with Crippen LogP contribution in [0.3, 0.4) is 0 Å². The van der Waals surface area contributed by atoms with Gasteiger partial charge in [0.2, 0.25) is 11.8 Å². The van der Waals surface area contributed by atoms with Crippen molar-refractivity contribution in [2.75, 3.05) is 56.2 Å². The molecule has 0 unspecified atom stereocenters. The minimum Gasteiger partial charge on any atom is -0.379 e. The fourth-order valence-corrected chi connectivity index (χ4v) is 4.47. The average Bonchev–Trinajstić information content (AvgIpc) is 3.24. The topological polar surface area (TPSA) is 91.0 Å². The molecule has 0 aliphatic carbocycles. The lowest BCUT2D eigenvalue weighted by Gasteiger charge is -2.26. The number of carbonyl (C=O) groups excluding carboxylic acids is 3. The van der Waals surface area contributed by atoms with Crippen molar-refractivity contribution < 1.29 is 19.1 Å². The number of hydrogen-bond donors (Lipinski definition) is 2. The highest BCUT2D eigenvalue weighted by atomic mass is 35.5. The van der Waals surface area contributed by atoms with Crippen LogP contribution in [0.1, 0.15) is 23.2 Å². The number of carbonyl (C=O) groups is 3. The zero-order valence-corrected chi connectivity index (χ0v) is 19.7. The Morgan fingerprint density at radius 2 is 1.79 bits per heavy atom. The van der Waals surface area contributed by atoms with Gasteiger partial charge in [-0.15, -0.1) is 0 Å². The Bertz CT molecular complexity index is 1040. The van der Waals surface area contributed by atoms with Gasteiger partial charge in [0.1, 0.15) is 0 Å². The molecule has 2 aromatic carbocycles. The molecule has 2 N–H and O–H groups in total. The third kappa shape index (κ3) is 5.94. The molecule has 0 spiro atoms. The first-order valence-corrected chi connectivity index (χ1v) is 11.9. The number of amides is 3. The van der Waals surface area contributed by atoms with Gasteiger partial charge in [0.05, 0.1) is 41.1 Å². The summed E-state index contributed by atoms with van der Waals surface area (Å²) in [6, 6.07) is 14.0. The molecule has 2 heterocycles. The summed E-state index contributed by atoms with van der Waals surface area (Å²) in [5.41, 5.74) is 1.43. The van der Waals surface area contributed by atoms with Crippen molar-refractivity contribution in [1.29, 1.82) is 0 Å². The van der Waals surface area contributed by atoms with E-state index < -0.39 is 5.92 Å². The summed E-state index contributed by atoms with van der Waals surface area (Å²) in [6.07, 6.45) is 0.926. The molecule has 1 atom stereocenters. The van der Waals surface area contributed by atoms with Gasteiger partial charge in [-0.2, -0.15) is 0 Å². The molecule has 2 aliphatic heterocycles. The maximum atomic E-state index is 13.0. The first kappa shape index (κ1) is 24.2. The summed E-state index contributed by atoms with van der Waals surface area (Å²) >= 11 is 6.23. The van der Waals surface area contributed by atoms with Crippen molar-refractivity contribution in [1.82, 2.24) is 10.2 Å². The number of para-hydroxylation sites is 2. The molecule has 3 amide bonds. The highest BCUT2D eigenvalue weighted by Gasteiger charge is 2.36. The predicted octanol–water partition coefficient (Wildman–Crippen LogP) is 2.78. The number of anilines is 2. The van der Waals surface area contributed by atoms with Crippen LogP contribution in [0.15, 0.2) is 48.5 Å². The summed E-state index contributed by atoms with van der Waals surface area (Å²) in [5, 5.41) is 6.25. The summed E-state index contributed by atoms with van der Waals surface area (Å²) in [4.78, 5) is 42.1. The van der Waals surface area contributed by atoms with Crippen LogP contribution in [0, 0.1) is 5.92 Å². The number of benzene rings is 2. The molecular formula is C25H29ClN4O4. The van der Waals surface area contributed by atoms with E-state index >= 15 is 0 Å². The van der Waals surface area contributed by atoms with Gasteiger partial charge in [-0.1, -0.05) is 35.9 Å². The lowest BCUT2D eigenvalue weighted by molar-refractivity contribution is -0.122. The molecule has 0 radical (unpaired) electrons. The molecule has 9 heteroatoms. The third-order valence-corrected chi connectivity index (χ3v) is 6.43. The van der Waals surface area contributed by atoms with Gasteiger partial charge in [-0.25, -0.2) is 0 Å². The fourth-order valence-electron chi connectivity index (χ4n) is 4.24. The maximum Gasteiger partial charge on any atom is 0.253 e. The molecule has 8 nitrogen and oxygen atoms in total. The Kier molecular flexibility index (Phi) is 8.16. The first-order valence-electron chi connectivity index (χ1n) is 11.6. The zero-order chi connectivity index (χ0) is 23.9. The van der Waals surface area contributed by atoms with Crippen molar-refractivity contribution in [2.24, 2.45) is 5.92 Å². The van der Waals surface area contributed by atoms with Gasteiger partial charge >= 0.3 is 0 Å². The van der Waals surface area contributed by atoms with Crippen LogP contribution in [-0.2, 0) is 14.3 Å². The molecule has 2 saturated heterocycles. The molecule has 0 saturated carbocycles. The summed E-state index contributed by atoms with van der Waals surface area (Å²) < 4.78 is 5.35. The van der Waals surface area contributed by atoms with Crippen LogP contribution >= 0.6 is 11.6 Å². The van der Waals surface area contributed by atoms with E-state index in [0.29, 0.717) is 28.5 Å². The molecule has 4 rings (SSSR count). The molecule has 34 heavy (non-hydrogen) atoms. The molecule has 0 bridgehead atoms. The number of morpholine rings is 1. The molecule has 0 aromatic heterocycles. The van der Waals surface area contributed by atoms with Gasteiger partial charge in [-0.05, 0) is 37.2 Å². The lowest BCUT2D eigenvalue weighted by Crippen LogP contribution is -2.38. The van der Waals surface area contributed by atoms with E-state index in [-0.39, 0.29) is 30.7 Å². The van der Waals surface area contributed by atoms with Crippen LogP contribution < -0.4 is 15.5 Å². The van der Waals surface area contributed by atoms with E-state index in [0.717, 1.165) is 39.3 Å². The van der Waals surface area contributed by atoms with Crippen molar-refractivity contribution in [3.05, 3.63) is 59.1 Å². The number of nitrogens with zero attached hydrogens (tertiary/aromatic N) is 2. The molecule has 2 aliphatic rings. The van der Waals surface area contributed by atoms with Gasteiger partial charge in [-0.3, -0.25) is 19.3 Å². The van der Waals surface area contributed by atoms with E-state index in [2.05, 4.69) is 15.5 Å². The zero-order valence-electron chi connectivity index (χ0n) is 19.0. The van der Waals surface area contributed by atoms with Gasteiger partial charge in [0.25, 0.3) is 5.91 Å². The number of hydrogen-bond acceptors (Lipinski definition) is 5. The van der Waals surface area contributed by atoms with Gasteiger partial charge in [0, 0.05) is 32.6 Å². The largest absolute Gasteiger partial charge is 0.379 e. The van der Waals surface area contributed by atoms with Crippen LogP contribution in [-0.4, -0.2) is 68.6 Å². The molecule has 2 aromatic rings. The van der Waals surface area contributed by atoms with E-state index in [9.17, 15) is 14.4 Å². The number of ether oxygens (including phenoxy) is 1. The van der Waals surface area contributed by atoms with Gasteiger partial charge < -0.3 is 20.3 Å². The summed E-state index contributed by atoms with van der Waals surface area (Å²) in [5.74, 6) is -1.22. The summed E-state index contributed by atoms with van der Waals surface area (Å²) in [6.45, 7) is 5.03. The highest BCUT2D eigenvalue weighted by molar-refractivity contribution is 6.34. The third-order valence-electron chi connectivity index (χ3n) is 6.11. The Morgan fingerprint density at radius 3 is 2.59 bits per heavy atom. The Morgan fingerprint density at radius 1 is 1.06 bits per heavy atom. The SMILES string of the molecule is O=C(NCCCN1CCOCC1)c1ccccc1NC(=O)[C@H]1CC(=O)N(c2ccccc2Cl)C1. The molecule has 180 valence electrons. The van der Waals surface area contributed by atoms with Gasteiger partial charge in [0.15, 0.2) is 0 Å². The van der Waals surface area contributed by atoms with Crippen molar-refractivity contribution in [3.63, 3.8) is 0 Å². The minimum absolute atomic E-state index is 0.0902. The van der Waals surface area contributed by atoms with E-state index in [1.807, 2.05) is 0 Å². The van der Waals surface area contributed by atoms with Crippen molar-refractivity contribution >= 4 is 40.7 Å². The Labute approximate surface area is 204 Å². The molecular weight excluding hydrogens is 456 g/mol. The van der Waals surface area contributed by atoms with E-state index in [1.165, 1.54) is 0 Å². The molecule has 2 fully saturated rings. The van der Waals surface area contributed by atoms with E-state index in [1.54, 1.807) is 53.4 Å². The van der Waals surface area contributed by atoms with Crippen LogP contribution in [0.2, 0.25) is 5.02 Å². The second-order valence-electron chi connectivity index (χ2n) is 8.46. The highest BCUT2D eigenvalue weighted by Crippen LogP contribution is 2.31. The fraction of sp³-hybridized carbons (Fsp3) is 0.400. The minimum atomic E-state index is -0.534. The number of halogens is 1. The maximum absolute atomic E-state index is 13.0. The van der Waals surface area contributed by atoms with Crippen molar-refractivity contribution in [3.8, 4) is 0 Å². The summed E-state index contributed by atoms with van der Waals surface area (Å²) in [7, 11) is 0. The van der Waals surface area contributed by atoms with Crippen LogP contribution in [0.4, 0.5) is 11.4 Å². The second kappa shape index (κ2) is 11.5. The van der Waals surface area contributed by atoms with E-state index in [4.69, 9.17) is 16.3 Å². The number of nitrogens with one attached hydrogen (secondary N) is 2. The Balaban J connectivity index is 1.32. The van der Waals surface area contributed by atoms with Crippen molar-refractivity contribution in [2.45, 2.75) is 12.8 Å². The monoisotopic (exact) mass is 484 g/mol. The Hall–Kier alpha value is -2.94. The standard InChI is InChI=1S/C25H29ClN4O4/c26-20-7-2-4-9-22(20)30-17-18(16-23(30)31)24(32)28-21-8-3-1-6-19(21)25(33)27-10-5-11-29-12-14-34-15-13-29/h1-4,6-9,18H,5,10-17H2,(H,27,33)(H,28,32)/t18-/m0/s1. The quantitative estimate of drug-likeness (QED) is 0.562. The normalized spacial score (nSPS) is 18.7. The smallest absolute Gasteiger partial charge is 0.253 e. The lowest BCUT2D eigenvalue weighted by atomic mass is 10.1. The van der Waals surface area contributed by atoms with Crippen LogP contribution in [0.5, 0.6) is 0 Å². The number of rotatable bonds is 8. The van der Waals surface area contributed by atoms with Crippen LogP contribution in [0.25, 0.3) is 0 Å².